The summed E-state index contributed by atoms with van der Waals surface area (Å²) in [5.41, 5.74) is 18.8. The average Bonchev–Trinajstić information content (AvgIpc) is 3.40. The molecule has 1 aromatic heterocycles. The maximum absolute atomic E-state index is 13.5. The van der Waals surface area contributed by atoms with Gasteiger partial charge in [-0.25, -0.2) is 4.79 Å². The number of para-hydroxylation sites is 1. The molecule has 4 unspecified atom stereocenters. The van der Waals surface area contributed by atoms with Crippen LogP contribution in [0.3, 0.4) is 0 Å². The number of carbonyl (C=O) groups is 4. The van der Waals surface area contributed by atoms with Crippen molar-refractivity contribution in [2.24, 2.45) is 22.2 Å². The lowest BCUT2D eigenvalue weighted by Gasteiger charge is -2.25. The summed E-state index contributed by atoms with van der Waals surface area (Å²) in [6.45, 7) is 0.299. The third kappa shape index (κ3) is 10.0. The molecule has 3 rings (SSSR count). The van der Waals surface area contributed by atoms with Crippen LogP contribution in [0.2, 0.25) is 0 Å². The lowest BCUT2D eigenvalue weighted by atomic mass is 10.0. The predicted octanol–water partition coefficient (Wildman–Crippen LogP) is -0.197. The lowest BCUT2D eigenvalue weighted by molar-refractivity contribution is -0.142. The van der Waals surface area contributed by atoms with Crippen LogP contribution in [-0.4, -0.2) is 76.2 Å². The number of carbonyl (C=O) groups excluding carboxylic acids is 3. The molecule has 2 aromatic carbocycles. The lowest BCUT2D eigenvalue weighted by Crippen LogP contribution is -2.58. The first-order chi connectivity index (χ1) is 20.6. The van der Waals surface area contributed by atoms with E-state index in [9.17, 15) is 24.3 Å². The van der Waals surface area contributed by atoms with Crippen molar-refractivity contribution in [3.63, 3.8) is 0 Å². The summed E-state index contributed by atoms with van der Waals surface area (Å²) in [6, 6.07) is 12.0. The number of aliphatic carboxylic acids is 1. The molecular weight excluding hydrogens is 572 g/mol. The summed E-state index contributed by atoms with van der Waals surface area (Å²) >= 11 is 4.20. The Balaban J connectivity index is 1.71. The number of carboxylic acid groups (broad SMARTS) is 1. The second-order valence-corrected chi connectivity index (χ2v) is 10.4. The molecule has 1 heterocycles. The maximum Gasteiger partial charge on any atom is 0.326 e. The van der Waals surface area contributed by atoms with E-state index >= 15 is 0 Å². The third-order valence-corrected chi connectivity index (χ3v) is 7.11. The van der Waals surface area contributed by atoms with Gasteiger partial charge in [0.05, 0.1) is 6.04 Å². The third-order valence-electron chi connectivity index (χ3n) is 6.75. The monoisotopic (exact) mass is 610 g/mol. The summed E-state index contributed by atoms with van der Waals surface area (Å²) in [7, 11) is 0. The van der Waals surface area contributed by atoms with Gasteiger partial charge in [-0.3, -0.25) is 19.4 Å². The molecule has 0 aliphatic carbocycles. The van der Waals surface area contributed by atoms with Crippen LogP contribution in [0.1, 0.15) is 24.0 Å². The van der Waals surface area contributed by atoms with Crippen molar-refractivity contribution in [2.45, 2.75) is 49.9 Å². The Kier molecular flexibility index (Phi) is 12.4. The molecule has 3 aromatic rings. The number of amides is 3. The van der Waals surface area contributed by atoms with Crippen LogP contribution in [0.15, 0.2) is 65.8 Å². The Bertz CT molecular complexity index is 1430. The molecule has 0 aliphatic rings. The molecule has 0 aliphatic heterocycles. The number of benzene rings is 2. The number of H-pyrrole nitrogens is 1. The van der Waals surface area contributed by atoms with Crippen molar-refractivity contribution in [2.75, 3.05) is 12.3 Å². The van der Waals surface area contributed by atoms with Gasteiger partial charge in [0, 0.05) is 42.2 Å². The Morgan fingerprint density at radius 1 is 0.860 bits per heavy atom. The number of aromatic nitrogens is 1. The van der Waals surface area contributed by atoms with Crippen LogP contribution >= 0.6 is 12.6 Å². The first-order valence-electron chi connectivity index (χ1n) is 13.7. The van der Waals surface area contributed by atoms with E-state index in [-0.39, 0.29) is 31.0 Å². The Morgan fingerprint density at radius 2 is 1.49 bits per heavy atom. The van der Waals surface area contributed by atoms with Crippen molar-refractivity contribution in [3.8, 4) is 0 Å². The predicted molar refractivity (Wildman–Crippen MR) is 167 cm³/mol. The second kappa shape index (κ2) is 16.2. The second-order valence-electron chi connectivity index (χ2n) is 10.0. The summed E-state index contributed by atoms with van der Waals surface area (Å²) in [5.74, 6) is -3.30. The highest BCUT2D eigenvalue weighted by molar-refractivity contribution is 7.80. The smallest absolute Gasteiger partial charge is 0.326 e. The maximum atomic E-state index is 13.5. The first kappa shape index (κ1) is 32.9. The minimum atomic E-state index is -1.26. The molecule has 230 valence electrons. The number of thiol groups is 1. The van der Waals surface area contributed by atoms with Gasteiger partial charge in [0.2, 0.25) is 17.7 Å². The van der Waals surface area contributed by atoms with Crippen molar-refractivity contribution in [3.05, 3.63) is 71.9 Å². The van der Waals surface area contributed by atoms with Crippen LogP contribution < -0.4 is 33.2 Å². The van der Waals surface area contributed by atoms with Gasteiger partial charge >= 0.3 is 5.97 Å². The van der Waals surface area contributed by atoms with Gasteiger partial charge in [-0.15, -0.1) is 0 Å². The SMILES string of the molecule is NC(N)=NCCCC(N)C(=O)NC(CS)C(=O)NC(Cc1ccccc1)C(=O)NC(Cc1c[nH]c2ccccc12)C(=O)O. The average molecular weight is 611 g/mol. The zero-order valence-corrected chi connectivity index (χ0v) is 24.4. The minimum Gasteiger partial charge on any atom is -0.480 e. The highest BCUT2D eigenvalue weighted by Gasteiger charge is 2.30. The van der Waals surface area contributed by atoms with E-state index in [0.717, 1.165) is 22.0 Å². The topological polar surface area (TPSA) is 231 Å². The fourth-order valence-electron chi connectivity index (χ4n) is 4.45. The molecular formula is C29H38N8O5S. The van der Waals surface area contributed by atoms with E-state index < -0.39 is 47.9 Å². The van der Waals surface area contributed by atoms with Gasteiger partial charge in [0.15, 0.2) is 5.96 Å². The highest BCUT2D eigenvalue weighted by atomic mass is 32.1. The van der Waals surface area contributed by atoms with E-state index in [1.54, 1.807) is 30.5 Å². The first-order valence-corrected chi connectivity index (χ1v) is 14.4. The van der Waals surface area contributed by atoms with E-state index in [1.165, 1.54) is 0 Å². The molecule has 0 saturated carbocycles. The normalized spacial score (nSPS) is 13.7. The van der Waals surface area contributed by atoms with E-state index in [1.807, 2.05) is 30.3 Å². The number of hydrogen-bond donors (Lipinski definition) is 9. The zero-order chi connectivity index (χ0) is 31.4. The molecule has 4 atom stereocenters. The molecule has 0 saturated heterocycles. The molecule has 3 amide bonds. The van der Waals surface area contributed by atoms with Gasteiger partial charge in [-0.05, 0) is 30.0 Å². The summed E-state index contributed by atoms with van der Waals surface area (Å²) in [6.07, 6.45) is 2.53. The van der Waals surface area contributed by atoms with Crippen LogP contribution in [0.4, 0.5) is 0 Å². The standard InChI is InChI=1S/C29H38N8O5S/c30-20(10-6-12-33-29(31)32)25(38)37-24(16-43)27(40)35-22(13-17-7-2-1-3-8-17)26(39)36-23(28(41)42)14-18-15-34-21-11-5-4-9-19(18)21/h1-5,7-9,11,15,20,22-24,34,43H,6,10,12-14,16,30H2,(H,35,40)(H,36,39)(H,37,38)(H,41,42)(H4,31,32,33). The zero-order valence-electron chi connectivity index (χ0n) is 23.5. The van der Waals surface area contributed by atoms with Gasteiger partial charge in [-0.1, -0.05) is 48.5 Å². The van der Waals surface area contributed by atoms with Crippen LogP contribution in [0.25, 0.3) is 10.9 Å². The van der Waals surface area contributed by atoms with Crippen molar-refractivity contribution in [1.29, 1.82) is 0 Å². The summed E-state index contributed by atoms with van der Waals surface area (Å²) in [5, 5.41) is 18.6. The summed E-state index contributed by atoms with van der Waals surface area (Å²) in [4.78, 5) is 58.5. The van der Waals surface area contributed by atoms with Crippen LogP contribution in [-0.2, 0) is 32.0 Å². The number of hydrogen-bond acceptors (Lipinski definition) is 7. The Labute approximate surface area is 254 Å². The molecule has 11 N–H and O–H groups in total. The number of fused-ring (bicyclic) bond motifs is 1. The molecule has 0 bridgehead atoms. The van der Waals surface area contributed by atoms with E-state index in [2.05, 4.69) is 38.6 Å². The Morgan fingerprint density at radius 3 is 2.16 bits per heavy atom. The number of aromatic amines is 1. The van der Waals surface area contributed by atoms with Crippen molar-refractivity contribution < 1.29 is 24.3 Å². The number of aliphatic imine (C=N–C) groups is 1. The fraction of sp³-hybridized carbons (Fsp3) is 0.345. The molecule has 13 nitrogen and oxygen atoms in total. The fourth-order valence-corrected chi connectivity index (χ4v) is 4.70. The number of rotatable bonds is 16. The Hall–Kier alpha value is -4.56. The molecule has 0 fully saturated rings. The van der Waals surface area contributed by atoms with Crippen molar-refractivity contribution in [1.82, 2.24) is 20.9 Å². The van der Waals surface area contributed by atoms with Gasteiger partial charge in [0.1, 0.15) is 18.1 Å². The summed E-state index contributed by atoms with van der Waals surface area (Å²) < 4.78 is 0. The number of nitrogens with two attached hydrogens (primary N) is 3. The van der Waals surface area contributed by atoms with E-state index in [0.29, 0.717) is 13.0 Å². The number of guanidine groups is 1. The highest BCUT2D eigenvalue weighted by Crippen LogP contribution is 2.19. The van der Waals surface area contributed by atoms with Crippen molar-refractivity contribution >= 4 is 53.2 Å². The van der Waals surface area contributed by atoms with Crippen LogP contribution in [0, 0.1) is 0 Å². The molecule has 14 heteroatoms. The largest absolute Gasteiger partial charge is 0.480 e. The van der Waals surface area contributed by atoms with Gasteiger partial charge < -0.3 is 43.2 Å². The van der Waals surface area contributed by atoms with Crippen LogP contribution in [0.5, 0.6) is 0 Å². The number of nitrogens with zero attached hydrogens (tertiary/aromatic N) is 1. The quantitative estimate of drug-likeness (QED) is 0.0455. The number of nitrogens with one attached hydrogen (secondary N) is 4. The number of carboxylic acids is 1. The molecule has 43 heavy (non-hydrogen) atoms. The van der Waals surface area contributed by atoms with Gasteiger partial charge in [-0.2, -0.15) is 12.6 Å². The van der Waals surface area contributed by atoms with E-state index in [4.69, 9.17) is 17.2 Å². The molecule has 0 radical (unpaired) electrons. The molecule has 0 spiro atoms. The minimum absolute atomic E-state index is 0.0213. The van der Waals surface area contributed by atoms with Gasteiger partial charge in [0.25, 0.3) is 0 Å².